The van der Waals surface area contributed by atoms with Gasteiger partial charge in [0.25, 0.3) is 0 Å². The lowest BCUT2D eigenvalue weighted by Gasteiger charge is -2.36. The van der Waals surface area contributed by atoms with Crippen molar-refractivity contribution in [3.05, 3.63) is 29.6 Å². The Labute approximate surface area is 217 Å². The summed E-state index contributed by atoms with van der Waals surface area (Å²) < 4.78 is 20.7. The van der Waals surface area contributed by atoms with Crippen LogP contribution in [0.1, 0.15) is 52.0 Å². The summed E-state index contributed by atoms with van der Waals surface area (Å²) in [4.78, 5) is 42.2. The highest BCUT2D eigenvalue weighted by Gasteiger charge is 2.52. The summed E-state index contributed by atoms with van der Waals surface area (Å²) in [6.45, 7) is 8.13. The predicted molar refractivity (Wildman–Crippen MR) is 136 cm³/mol. The molecule has 6 atom stereocenters. The van der Waals surface area contributed by atoms with Gasteiger partial charge in [-0.2, -0.15) is 0 Å². The minimum absolute atomic E-state index is 0.00323. The fourth-order valence-electron chi connectivity index (χ4n) is 6.56. The van der Waals surface area contributed by atoms with Crippen LogP contribution in [0.3, 0.4) is 0 Å². The minimum Gasteiger partial charge on any atom is -0.444 e. The summed E-state index contributed by atoms with van der Waals surface area (Å²) >= 11 is 0. The van der Waals surface area contributed by atoms with Crippen molar-refractivity contribution < 1.29 is 23.5 Å². The maximum Gasteiger partial charge on any atom is 0.411 e. The van der Waals surface area contributed by atoms with Crippen LogP contribution >= 0.6 is 0 Å². The standard InChI is InChI=1S/C27H38FN5O4/c1-27(2,3)37-26(36)33-19-7-5-16(10-19)23(33)25(35)31-21(24(29)34)11-15-4-6-18(12-20(15)28)32-13-17-8-9-30-22(17)14-32/h4,6,12,16-17,19,21-23,30H,5,7-11,13-14H2,1-3H3,(H2,29,34)(H,31,35). The number of nitrogens with one attached hydrogen (secondary N) is 2. The summed E-state index contributed by atoms with van der Waals surface area (Å²) in [6.07, 6.45) is 2.91. The number of nitrogens with zero attached hydrogens (tertiary/aromatic N) is 2. The number of likely N-dealkylation sites (tertiary alicyclic amines) is 1. The second-order valence-electron chi connectivity index (χ2n) is 12.0. The van der Waals surface area contributed by atoms with Gasteiger partial charge < -0.3 is 26.0 Å². The fraction of sp³-hybridized carbons (Fsp3) is 0.667. The number of rotatable bonds is 6. The highest BCUT2D eigenvalue weighted by Crippen LogP contribution is 2.43. The van der Waals surface area contributed by atoms with E-state index >= 15 is 4.39 Å². The number of hydrogen-bond acceptors (Lipinski definition) is 6. The number of carbonyl (C=O) groups excluding carboxylic acids is 3. The number of hydrogen-bond donors (Lipinski definition) is 3. The molecule has 3 saturated heterocycles. The Balaban J connectivity index is 1.26. The van der Waals surface area contributed by atoms with Gasteiger partial charge in [0, 0.05) is 37.3 Å². The number of fused-ring (bicyclic) bond motifs is 3. The van der Waals surface area contributed by atoms with Gasteiger partial charge in [-0.15, -0.1) is 0 Å². The first-order valence-corrected chi connectivity index (χ1v) is 13.4. The zero-order chi connectivity index (χ0) is 26.5. The number of benzene rings is 1. The number of halogens is 1. The molecule has 10 heteroatoms. The molecule has 5 rings (SSSR count). The molecule has 3 heterocycles. The smallest absolute Gasteiger partial charge is 0.411 e. The van der Waals surface area contributed by atoms with Crippen molar-refractivity contribution in [3.8, 4) is 0 Å². The zero-order valence-electron chi connectivity index (χ0n) is 21.8. The van der Waals surface area contributed by atoms with Crippen molar-refractivity contribution in [3.63, 3.8) is 0 Å². The van der Waals surface area contributed by atoms with Crippen LogP contribution in [0.15, 0.2) is 18.2 Å². The largest absolute Gasteiger partial charge is 0.444 e. The number of carbonyl (C=O) groups is 3. The lowest BCUT2D eigenvalue weighted by Crippen LogP contribution is -2.57. The highest BCUT2D eigenvalue weighted by molar-refractivity contribution is 5.91. The predicted octanol–water partition coefficient (Wildman–Crippen LogP) is 1.92. The molecule has 0 radical (unpaired) electrons. The first kappa shape index (κ1) is 25.8. The lowest BCUT2D eigenvalue weighted by atomic mass is 9.97. The summed E-state index contributed by atoms with van der Waals surface area (Å²) in [7, 11) is 0. The van der Waals surface area contributed by atoms with Gasteiger partial charge in [0.1, 0.15) is 23.5 Å². The van der Waals surface area contributed by atoms with Gasteiger partial charge in [0.15, 0.2) is 0 Å². The molecule has 2 bridgehead atoms. The Morgan fingerprint density at radius 2 is 1.97 bits per heavy atom. The monoisotopic (exact) mass is 515 g/mol. The Morgan fingerprint density at radius 1 is 1.19 bits per heavy atom. The van der Waals surface area contributed by atoms with E-state index in [4.69, 9.17) is 10.5 Å². The molecule has 1 aliphatic carbocycles. The van der Waals surface area contributed by atoms with Crippen LogP contribution < -0.4 is 21.3 Å². The lowest BCUT2D eigenvalue weighted by molar-refractivity contribution is -0.132. The van der Waals surface area contributed by atoms with Crippen molar-refractivity contribution in [1.82, 2.24) is 15.5 Å². The number of primary amides is 1. The Hall–Kier alpha value is -2.88. The quantitative estimate of drug-likeness (QED) is 0.533. The molecule has 0 aromatic heterocycles. The van der Waals surface area contributed by atoms with Crippen LogP contribution in [0, 0.1) is 17.7 Å². The van der Waals surface area contributed by atoms with Gasteiger partial charge in [0.05, 0.1) is 0 Å². The zero-order valence-corrected chi connectivity index (χ0v) is 21.8. The van der Waals surface area contributed by atoms with Gasteiger partial charge in [-0.25, -0.2) is 9.18 Å². The Bertz CT molecular complexity index is 1060. The summed E-state index contributed by atoms with van der Waals surface area (Å²) in [6, 6.07) is 3.58. The van der Waals surface area contributed by atoms with Gasteiger partial charge in [-0.05, 0) is 82.5 Å². The topological polar surface area (TPSA) is 117 Å². The van der Waals surface area contributed by atoms with Crippen LogP contribution in [-0.2, 0) is 20.7 Å². The molecule has 3 amide bonds. The number of amides is 3. The average Bonchev–Trinajstić information content (AvgIpc) is 3.58. The molecule has 0 spiro atoms. The van der Waals surface area contributed by atoms with Crippen LogP contribution in [0.2, 0.25) is 0 Å². The average molecular weight is 516 g/mol. The maximum atomic E-state index is 15.1. The minimum atomic E-state index is -1.09. The van der Waals surface area contributed by atoms with E-state index in [1.807, 2.05) is 6.07 Å². The third kappa shape index (κ3) is 5.26. The molecule has 1 aromatic rings. The van der Waals surface area contributed by atoms with E-state index in [1.165, 1.54) is 11.0 Å². The Kier molecular flexibility index (Phi) is 6.81. The van der Waals surface area contributed by atoms with Crippen LogP contribution in [0.4, 0.5) is 14.9 Å². The molecule has 1 aromatic carbocycles. The Morgan fingerprint density at radius 3 is 2.65 bits per heavy atom. The molecular formula is C27H38FN5O4. The van der Waals surface area contributed by atoms with E-state index in [1.54, 1.807) is 26.8 Å². The second-order valence-corrected chi connectivity index (χ2v) is 12.0. The van der Waals surface area contributed by atoms with Crippen molar-refractivity contribution in [2.24, 2.45) is 17.6 Å². The number of ether oxygens (including phenoxy) is 1. The van der Waals surface area contributed by atoms with Crippen molar-refractivity contribution in [2.45, 2.75) is 82.6 Å². The summed E-state index contributed by atoms with van der Waals surface area (Å²) in [5.41, 5.74) is 6.05. The van der Waals surface area contributed by atoms with E-state index in [2.05, 4.69) is 15.5 Å². The molecule has 202 valence electrons. The summed E-state index contributed by atoms with van der Waals surface area (Å²) in [5.74, 6) is -1.05. The number of anilines is 1. The first-order valence-electron chi connectivity index (χ1n) is 13.4. The third-order valence-corrected chi connectivity index (χ3v) is 8.31. The fourth-order valence-corrected chi connectivity index (χ4v) is 6.56. The number of piperidine rings is 1. The van der Waals surface area contributed by atoms with E-state index in [0.29, 0.717) is 17.5 Å². The van der Waals surface area contributed by atoms with Crippen molar-refractivity contribution in [2.75, 3.05) is 24.5 Å². The second kappa shape index (κ2) is 9.78. The van der Waals surface area contributed by atoms with Gasteiger partial charge >= 0.3 is 6.09 Å². The first-order chi connectivity index (χ1) is 17.5. The molecule has 9 nitrogen and oxygen atoms in total. The van der Waals surface area contributed by atoms with Crippen molar-refractivity contribution >= 4 is 23.6 Å². The SMILES string of the molecule is CC(C)(C)OC(=O)N1C2CCC(C2)C1C(=O)NC(Cc1ccc(N2CC3CCNC3C2)cc1F)C(N)=O. The van der Waals surface area contributed by atoms with Gasteiger partial charge in [-0.3, -0.25) is 14.5 Å². The molecule has 4 N–H and O–H groups in total. The van der Waals surface area contributed by atoms with Gasteiger partial charge in [0.2, 0.25) is 11.8 Å². The summed E-state index contributed by atoms with van der Waals surface area (Å²) in [5, 5.41) is 6.21. The van der Waals surface area contributed by atoms with E-state index < -0.39 is 41.4 Å². The third-order valence-electron chi connectivity index (χ3n) is 8.31. The maximum absolute atomic E-state index is 15.1. The molecule has 6 unspecified atom stereocenters. The molecule has 37 heavy (non-hydrogen) atoms. The highest BCUT2D eigenvalue weighted by atomic mass is 19.1. The van der Waals surface area contributed by atoms with Crippen molar-refractivity contribution in [1.29, 1.82) is 0 Å². The van der Waals surface area contributed by atoms with Gasteiger partial charge in [-0.1, -0.05) is 6.07 Å². The normalized spacial score (nSPS) is 29.4. The van der Waals surface area contributed by atoms with E-state index in [0.717, 1.165) is 51.0 Å². The van der Waals surface area contributed by atoms with Crippen LogP contribution in [0.25, 0.3) is 0 Å². The molecule has 3 aliphatic heterocycles. The van der Waals surface area contributed by atoms with Crippen LogP contribution in [-0.4, -0.2) is 72.2 Å². The van der Waals surface area contributed by atoms with E-state index in [9.17, 15) is 14.4 Å². The molecule has 1 saturated carbocycles. The van der Waals surface area contributed by atoms with Crippen LogP contribution in [0.5, 0.6) is 0 Å². The number of nitrogens with two attached hydrogens (primary N) is 1. The van der Waals surface area contributed by atoms with E-state index in [-0.39, 0.29) is 18.4 Å². The molecule has 4 aliphatic rings. The molecular weight excluding hydrogens is 477 g/mol. The molecule has 4 fully saturated rings.